The zero-order valence-electron chi connectivity index (χ0n) is 19.5. The van der Waals surface area contributed by atoms with Crippen molar-refractivity contribution >= 4 is 17.5 Å². The van der Waals surface area contributed by atoms with Crippen LogP contribution in [0.5, 0.6) is 5.75 Å². The number of carbonyl (C=O) groups excluding carboxylic acids is 2. The number of amides is 2. The topological polar surface area (TPSA) is 102 Å². The summed E-state index contributed by atoms with van der Waals surface area (Å²) in [5.41, 5.74) is 2.74. The highest BCUT2D eigenvalue weighted by Crippen LogP contribution is 2.29. The Hall–Kier alpha value is -4.20. The Bertz CT molecular complexity index is 1230. The van der Waals surface area contributed by atoms with Crippen LogP contribution in [0, 0.1) is 17.0 Å². The predicted octanol–water partition coefficient (Wildman–Crippen LogP) is 4.37. The zero-order chi connectivity index (χ0) is 24.8. The molecule has 0 radical (unpaired) electrons. The first-order chi connectivity index (χ1) is 17.0. The van der Waals surface area contributed by atoms with Crippen molar-refractivity contribution in [2.24, 2.45) is 0 Å². The molecule has 0 saturated carbocycles. The number of hydrogen-bond acceptors (Lipinski definition) is 5. The molecule has 8 nitrogen and oxygen atoms in total. The van der Waals surface area contributed by atoms with Crippen molar-refractivity contribution in [1.29, 1.82) is 0 Å². The minimum atomic E-state index is -0.574. The molecule has 1 unspecified atom stereocenters. The smallest absolute Gasteiger partial charge is 0.272 e. The van der Waals surface area contributed by atoms with Crippen molar-refractivity contribution < 1.29 is 19.2 Å². The van der Waals surface area contributed by atoms with E-state index in [4.69, 9.17) is 4.74 Å². The molecule has 1 heterocycles. The van der Waals surface area contributed by atoms with E-state index in [-0.39, 0.29) is 24.1 Å². The molecule has 0 aromatic heterocycles. The number of para-hydroxylation sites is 1. The van der Waals surface area contributed by atoms with Crippen LogP contribution < -0.4 is 10.1 Å². The summed E-state index contributed by atoms with van der Waals surface area (Å²) < 4.78 is 5.94. The number of ether oxygens (including phenoxy) is 1. The summed E-state index contributed by atoms with van der Waals surface area (Å²) in [6, 6.07) is 21.4. The molecule has 1 N–H and O–H groups in total. The number of hydrogen-bond donors (Lipinski definition) is 1. The number of nitrogens with zero attached hydrogens (tertiary/aromatic N) is 2. The average molecular weight is 474 g/mol. The van der Waals surface area contributed by atoms with Gasteiger partial charge in [-0.1, -0.05) is 48.5 Å². The number of nitro benzene ring substituents is 1. The molecule has 35 heavy (non-hydrogen) atoms. The predicted molar refractivity (Wildman–Crippen MR) is 132 cm³/mol. The molecule has 1 atom stereocenters. The lowest BCUT2D eigenvalue weighted by Crippen LogP contribution is -2.46. The van der Waals surface area contributed by atoms with E-state index in [2.05, 4.69) is 5.32 Å². The van der Waals surface area contributed by atoms with Crippen LogP contribution in [0.1, 0.15) is 28.8 Å². The van der Waals surface area contributed by atoms with Crippen molar-refractivity contribution in [2.75, 3.05) is 19.7 Å². The zero-order valence-corrected chi connectivity index (χ0v) is 19.5. The first-order valence-electron chi connectivity index (χ1n) is 11.6. The molecule has 2 amide bonds. The number of likely N-dealkylation sites (tertiary alicyclic amines) is 1. The number of nitro groups is 1. The molecule has 0 aliphatic carbocycles. The molecular formula is C27H27N3O5. The summed E-state index contributed by atoms with van der Waals surface area (Å²) in [6.45, 7) is 2.65. The maximum Gasteiger partial charge on any atom is 0.272 e. The minimum Gasteiger partial charge on any atom is -0.491 e. The van der Waals surface area contributed by atoms with E-state index in [1.165, 1.54) is 18.2 Å². The Labute approximate surface area is 203 Å². The first-order valence-corrected chi connectivity index (χ1v) is 11.6. The number of rotatable bonds is 8. The van der Waals surface area contributed by atoms with E-state index in [1.54, 1.807) is 11.8 Å². The molecule has 180 valence electrons. The first kappa shape index (κ1) is 23.9. The van der Waals surface area contributed by atoms with Crippen LogP contribution in [0.25, 0.3) is 11.1 Å². The summed E-state index contributed by atoms with van der Waals surface area (Å²) in [7, 11) is 0. The molecule has 4 rings (SSSR count). The Kier molecular flexibility index (Phi) is 7.40. The van der Waals surface area contributed by atoms with Crippen molar-refractivity contribution in [3.8, 4) is 16.9 Å². The van der Waals surface area contributed by atoms with E-state index in [1.807, 2.05) is 54.6 Å². The fourth-order valence-electron chi connectivity index (χ4n) is 4.34. The molecule has 0 bridgehead atoms. The summed E-state index contributed by atoms with van der Waals surface area (Å²) in [5.74, 6) is 0.210. The lowest BCUT2D eigenvalue weighted by Gasteiger charge is -2.24. The van der Waals surface area contributed by atoms with Gasteiger partial charge in [0.15, 0.2) is 0 Å². The van der Waals surface area contributed by atoms with E-state index in [0.29, 0.717) is 30.6 Å². The third-order valence-electron chi connectivity index (χ3n) is 6.09. The Morgan fingerprint density at radius 1 is 1.09 bits per heavy atom. The average Bonchev–Trinajstić information content (AvgIpc) is 3.37. The van der Waals surface area contributed by atoms with E-state index < -0.39 is 11.0 Å². The number of aryl methyl sites for hydroxylation is 1. The number of benzene rings is 3. The molecule has 8 heteroatoms. The van der Waals surface area contributed by atoms with Crippen LogP contribution in [0.15, 0.2) is 72.8 Å². The van der Waals surface area contributed by atoms with Crippen molar-refractivity contribution in [2.45, 2.75) is 25.8 Å². The number of carbonyl (C=O) groups is 2. The van der Waals surface area contributed by atoms with Gasteiger partial charge in [0.05, 0.1) is 11.5 Å². The molecule has 1 saturated heterocycles. The van der Waals surface area contributed by atoms with Crippen molar-refractivity contribution in [3.63, 3.8) is 0 Å². The second-order valence-electron chi connectivity index (χ2n) is 8.42. The van der Waals surface area contributed by atoms with Crippen molar-refractivity contribution in [1.82, 2.24) is 10.2 Å². The van der Waals surface area contributed by atoms with E-state index in [9.17, 15) is 19.7 Å². The van der Waals surface area contributed by atoms with Crippen LogP contribution in [0.2, 0.25) is 0 Å². The van der Waals surface area contributed by atoms with Crippen LogP contribution >= 0.6 is 0 Å². The highest BCUT2D eigenvalue weighted by atomic mass is 16.6. The molecule has 3 aromatic rings. The third kappa shape index (κ3) is 5.48. The van der Waals surface area contributed by atoms with Gasteiger partial charge in [-0.3, -0.25) is 19.7 Å². The fourth-order valence-corrected chi connectivity index (χ4v) is 4.34. The molecule has 0 spiro atoms. The SMILES string of the molecule is Cc1cc(C(=O)N2CCCC2C(=O)NCCOc2ccccc2-c2ccccc2)ccc1[N+](=O)[O-]. The molecule has 1 fully saturated rings. The third-order valence-corrected chi connectivity index (χ3v) is 6.09. The van der Waals surface area contributed by atoms with Gasteiger partial charge in [-0.05, 0) is 43.5 Å². The maximum atomic E-state index is 13.0. The van der Waals surface area contributed by atoms with Gasteiger partial charge in [0.1, 0.15) is 18.4 Å². The lowest BCUT2D eigenvalue weighted by atomic mass is 10.1. The van der Waals surface area contributed by atoms with Gasteiger partial charge >= 0.3 is 0 Å². The highest BCUT2D eigenvalue weighted by Gasteiger charge is 2.34. The molecular weight excluding hydrogens is 446 g/mol. The lowest BCUT2D eigenvalue weighted by molar-refractivity contribution is -0.385. The highest BCUT2D eigenvalue weighted by molar-refractivity contribution is 5.98. The summed E-state index contributed by atoms with van der Waals surface area (Å²) in [5, 5.41) is 13.9. The van der Waals surface area contributed by atoms with Crippen molar-refractivity contribution in [3.05, 3.63) is 94.0 Å². The van der Waals surface area contributed by atoms with Gasteiger partial charge in [0, 0.05) is 29.3 Å². The van der Waals surface area contributed by atoms with Gasteiger partial charge in [-0.25, -0.2) is 0 Å². The Balaban J connectivity index is 1.34. The minimum absolute atomic E-state index is 0.0360. The van der Waals surface area contributed by atoms with Crippen LogP contribution in [0.3, 0.4) is 0 Å². The normalized spacial score (nSPS) is 15.0. The van der Waals surface area contributed by atoms with Crippen LogP contribution in [0.4, 0.5) is 5.69 Å². The number of nitrogens with one attached hydrogen (secondary N) is 1. The fraction of sp³-hybridized carbons (Fsp3) is 0.259. The standard InChI is InChI=1S/C27H27N3O5/c1-19-18-21(13-14-23(19)30(33)34)27(32)29-16-7-11-24(29)26(31)28-15-17-35-25-12-6-5-10-22(25)20-8-3-2-4-9-20/h2-6,8-10,12-14,18,24H,7,11,15-17H2,1H3,(H,28,31). The molecule has 1 aliphatic rings. The van der Waals surface area contributed by atoms with Gasteiger partial charge < -0.3 is 15.0 Å². The van der Waals surface area contributed by atoms with E-state index >= 15 is 0 Å². The largest absolute Gasteiger partial charge is 0.491 e. The van der Waals surface area contributed by atoms with E-state index in [0.717, 1.165) is 23.3 Å². The second-order valence-corrected chi connectivity index (χ2v) is 8.42. The van der Waals surface area contributed by atoms with Crippen LogP contribution in [-0.4, -0.2) is 47.4 Å². The summed E-state index contributed by atoms with van der Waals surface area (Å²) >= 11 is 0. The van der Waals surface area contributed by atoms with Gasteiger partial charge in [-0.15, -0.1) is 0 Å². The second kappa shape index (κ2) is 10.8. The van der Waals surface area contributed by atoms with Gasteiger partial charge in [0.2, 0.25) is 5.91 Å². The Morgan fingerprint density at radius 3 is 2.57 bits per heavy atom. The monoisotopic (exact) mass is 473 g/mol. The maximum absolute atomic E-state index is 13.0. The van der Waals surface area contributed by atoms with Gasteiger partial charge in [0.25, 0.3) is 11.6 Å². The quantitative estimate of drug-likeness (QED) is 0.297. The summed E-state index contributed by atoms with van der Waals surface area (Å²) in [4.78, 5) is 38.0. The molecule has 3 aromatic carbocycles. The Morgan fingerprint density at radius 2 is 1.83 bits per heavy atom. The van der Waals surface area contributed by atoms with Gasteiger partial charge in [-0.2, -0.15) is 0 Å². The molecule has 1 aliphatic heterocycles. The summed E-state index contributed by atoms with van der Waals surface area (Å²) in [6.07, 6.45) is 1.29. The van der Waals surface area contributed by atoms with Crippen LogP contribution in [-0.2, 0) is 4.79 Å².